The molecule has 0 aromatic carbocycles. The molecule has 6 nitrogen and oxygen atoms in total. The first kappa shape index (κ1) is 15.7. The molecule has 1 rings (SSSR count). The predicted molar refractivity (Wildman–Crippen MR) is 75.8 cm³/mol. The largest absolute Gasteiger partial charge is 0.396 e. The molecule has 19 heavy (non-hydrogen) atoms. The van der Waals surface area contributed by atoms with Gasteiger partial charge >= 0.3 is 0 Å². The van der Waals surface area contributed by atoms with Crippen LogP contribution in [0.15, 0.2) is 6.07 Å². The van der Waals surface area contributed by atoms with Crippen LogP contribution in [0.4, 0.5) is 11.6 Å². The lowest BCUT2D eigenvalue weighted by Crippen LogP contribution is -2.08. The summed E-state index contributed by atoms with van der Waals surface area (Å²) in [6.07, 6.45) is 4.07. The van der Waals surface area contributed by atoms with Crippen molar-refractivity contribution in [1.29, 1.82) is 0 Å². The van der Waals surface area contributed by atoms with Crippen molar-refractivity contribution in [1.82, 2.24) is 9.97 Å². The highest BCUT2D eigenvalue weighted by Gasteiger charge is 2.02. The Kier molecular flexibility index (Phi) is 7.84. The van der Waals surface area contributed by atoms with E-state index in [9.17, 15) is 0 Å². The minimum Gasteiger partial charge on any atom is -0.396 e. The highest BCUT2D eigenvalue weighted by molar-refractivity contribution is 5.44. The van der Waals surface area contributed by atoms with E-state index < -0.39 is 0 Å². The number of aliphatic hydroxyl groups excluding tert-OH is 1. The molecule has 6 heteroatoms. The monoisotopic (exact) mass is 268 g/mol. The van der Waals surface area contributed by atoms with E-state index in [-0.39, 0.29) is 6.61 Å². The Balaban J connectivity index is 2.34. The van der Waals surface area contributed by atoms with Gasteiger partial charge < -0.3 is 20.9 Å². The molecular weight excluding hydrogens is 244 g/mol. The summed E-state index contributed by atoms with van der Waals surface area (Å²) in [4.78, 5) is 8.45. The van der Waals surface area contributed by atoms with Crippen LogP contribution in [0, 0.1) is 0 Å². The van der Waals surface area contributed by atoms with Gasteiger partial charge in [0.25, 0.3) is 0 Å². The number of hydrogen-bond acceptors (Lipinski definition) is 6. The van der Waals surface area contributed by atoms with E-state index in [0.29, 0.717) is 24.9 Å². The Labute approximate surface area is 114 Å². The third-order valence-electron chi connectivity index (χ3n) is 2.62. The number of rotatable bonds is 10. The van der Waals surface area contributed by atoms with Gasteiger partial charge in [-0.25, -0.2) is 9.97 Å². The zero-order valence-electron chi connectivity index (χ0n) is 11.6. The van der Waals surface area contributed by atoms with E-state index in [1.54, 1.807) is 6.07 Å². The second kappa shape index (κ2) is 9.52. The van der Waals surface area contributed by atoms with Crippen molar-refractivity contribution in [3.63, 3.8) is 0 Å². The van der Waals surface area contributed by atoms with Crippen LogP contribution in [0.2, 0.25) is 0 Å². The SMILES string of the molecule is CCOCc1nc(N)cc(NCCCCCCO)n1. The topological polar surface area (TPSA) is 93.3 Å². The number of anilines is 2. The third-order valence-corrected chi connectivity index (χ3v) is 2.62. The number of aromatic nitrogens is 2. The molecule has 0 saturated carbocycles. The number of aliphatic hydroxyl groups is 1. The molecule has 0 aliphatic rings. The standard InChI is InChI=1S/C13H24N4O2/c1-2-19-10-13-16-11(14)9-12(17-13)15-7-5-3-4-6-8-18/h9,18H,2-8,10H2,1H3,(H3,14,15,16,17). The smallest absolute Gasteiger partial charge is 0.158 e. The van der Waals surface area contributed by atoms with Crippen LogP contribution in [0.5, 0.6) is 0 Å². The van der Waals surface area contributed by atoms with Gasteiger partial charge in [-0.15, -0.1) is 0 Å². The molecule has 108 valence electrons. The summed E-state index contributed by atoms with van der Waals surface area (Å²) < 4.78 is 5.27. The van der Waals surface area contributed by atoms with Crippen LogP contribution in [0.3, 0.4) is 0 Å². The molecule has 0 fully saturated rings. The first-order valence-corrected chi connectivity index (χ1v) is 6.82. The van der Waals surface area contributed by atoms with Crippen LogP contribution in [-0.2, 0) is 11.3 Å². The van der Waals surface area contributed by atoms with Gasteiger partial charge in [0.05, 0.1) is 0 Å². The molecule has 1 heterocycles. The number of nitrogens with one attached hydrogen (secondary N) is 1. The zero-order valence-corrected chi connectivity index (χ0v) is 11.6. The van der Waals surface area contributed by atoms with E-state index >= 15 is 0 Å². The van der Waals surface area contributed by atoms with E-state index in [2.05, 4.69) is 15.3 Å². The predicted octanol–water partition coefficient (Wildman–Crippen LogP) is 1.56. The van der Waals surface area contributed by atoms with Crippen LogP contribution in [0.25, 0.3) is 0 Å². The minimum atomic E-state index is 0.274. The van der Waals surface area contributed by atoms with E-state index in [1.807, 2.05) is 6.92 Å². The Bertz CT molecular complexity index is 360. The van der Waals surface area contributed by atoms with Gasteiger partial charge in [0.1, 0.15) is 18.2 Å². The lowest BCUT2D eigenvalue weighted by molar-refractivity contribution is 0.128. The fraction of sp³-hybridized carbons (Fsp3) is 0.692. The normalized spacial score (nSPS) is 10.6. The summed E-state index contributed by atoms with van der Waals surface area (Å²) in [6, 6.07) is 1.73. The summed E-state index contributed by atoms with van der Waals surface area (Å²) in [7, 11) is 0. The maximum Gasteiger partial charge on any atom is 0.158 e. The summed E-state index contributed by atoms with van der Waals surface area (Å²) in [6.45, 7) is 4.06. The Morgan fingerprint density at radius 3 is 2.79 bits per heavy atom. The van der Waals surface area contributed by atoms with E-state index in [0.717, 1.165) is 38.0 Å². The van der Waals surface area contributed by atoms with Crippen LogP contribution < -0.4 is 11.1 Å². The highest BCUT2D eigenvalue weighted by atomic mass is 16.5. The van der Waals surface area contributed by atoms with Crippen molar-refractivity contribution in [3.05, 3.63) is 11.9 Å². The molecular formula is C13H24N4O2. The molecule has 1 aromatic heterocycles. The molecule has 0 bridgehead atoms. The van der Waals surface area contributed by atoms with Crippen molar-refractivity contribution in [2.75, 3.05) is 30.8 Å². The minimum absolute atomic E-state index is 0.274. The summed E-state index contributed by atoms with van der Waals surface area (Å²) in [5, 5.41) is 11.9. The maximum absolute atomic E-state index is 8.67. The summed E-state index contributed by atoms with van der Waals surface area (Å²) in [5.41, 5.74) is 5.73. The Morgan fingerprint density at radius 1 is 1.26 bits per heavy atom. The number of unbranched alkanes of at least 4 members (excludes halogenated alkanes) is 3. The molecule has 0 aliphatic heterocycles. The van der Waals surface area contributed by atoms with Crippen molar-refractivity contribution in [3.8, 4) is 0 Å². The van der Waals surface area contributed by atoms with Gasteiger partial charge in [-0.05, 0) is 19.8 Å². The van der Waals surface area contributed by atoms with E-state index in [4.69, 9.17) is 15.6 Å². The van der Waals surface area contributed by atoms with Gasteiger partial charge in [0, 0.05) is 25.8 Å². The van der Waals surface area contributed by atoms with Gasteiger partial charge in [0.2, 0.25) is 0 Å². The molecule has 1 aromatic rings. The molecule has 0 radical (unpaired) electrons. The molecule has 0 spiro atoms. The Morgan fingerprint density at radius 2 is 2.05 bits per heavy atom. The van der Waals surface area contributed by atoms with Crippen molar-refractivity contribution < 1.29 is 9.84 Å². The second-order valence-electron chi connectivity index (χ2n) is 4.30. The van der Waals surface area contributed by atoms with Crippen molar-refractivity contribution in [2.45, 2.75) is 39.2 Å². The summed E-state index contributed by atoms with van der Waals surface area (Å²) >= 11 is 0. The Hall–Kier alpha value is -1.40. The average Bonchev–Trinajstić information content (AvgIpc) is 2.40. The molecule has 0 amide bonds. The van der Waals surface area contributed by atoms with Gasteiger partial charge in [0.15, 0.2) is 5.82 Å². The molecule has 0 saturated heterocycles. The molecule has 0 aliphatic carbocycles. The first-order chi connectivity index (χ1) is 9.26. The lowest BCUT2D eigenvalue weighted by atomic mass is 10.2. The van der Waals surface area contributed by atoms with E-state index in [1.165, 1.54) is 0 Å². The van der Waals surface area contributed by atoms with Crippen LogP contribution in [0.1, 0.15) is 38.4 Å². The first-order valence-electron chi connectivity index (χ1n) is 6.82. The van der Waals surface area contributed by atoms with Crippen LogP contribution in [-0.4, -0.2) is 34.8 Å². The van der Waals surface area contributed by atoms with Gasteiger partial charge in [-0.1, -0.05) is 12.8 Å². The average molecular weight is 268 g/mol. The fourth-order valence-corrected chi connectivity index (χ4v) is 1.67. The number of ether oxygens (including phenoxy) is 1. The molecule has 0 unspecified atom stereocenters. The number of nitrogens with zero attached hydrogens (tertiary/aromatic N) is 2. The second-order valence-corrected chi connectivity index (χ2v) is 4.30. The summed E-state index contributed by atoms with van der Waals surface area (Å²) in [5.74, 6) is 1.79. The van der Waals surface area contributed by atoms with Gasteiger partial charge in [-0.3, -0.25) is 0 Å². The van der Waals surface area contributed by atoms with Gasteiger partial charge in [-0.2, -0.15) is 0 Å². The number of nitrogens with two attached hydrogens (primary N) is 1. The van der Waals surface area contributed by atoms with Crippen molar-refractivity contribution >= 4 is 11.6 Å². The van der Waals surface area contributed by atoms with Crippen molar-refractivity contribution in [2.24, 2.45) is 0 Å². The number of nitrogen functional groups attached to an aromatic ring is 1. The quantitative estimate of drug-likeness (QED) is 0.558. The molecule has 4 N–H and O–H groups in total. The number of hydrogen-bond donors (Lipinski definition) is 3. The zero-order chi connectivity index (χ0) is 13.9. The lowest BCUT2D eigenvalue weighted by Gasteiger charge is -2.08. The highest BCUT2D eigenvalue weighted by Crippen LogP contribution is 2.09. The fourth-order valence-electron chi connectivity index (χ4n) is 1.67. The van der Waals surface area contributed by atoms with Crippen LogP contribution >= 0.6 is 0 Å². The maximum atomic E-state index is 8.67. The molecule has 0 atom stereocenters. The third kappa shape index (κ3) is 6.93.